The van der Waals surface area contributed by atoms with Crippen molar-refractivity contribution in [2.24, 2.45) is 5.73 Å². The Labute approximate surface area is 214 Å². The Morgan fingerprint density at radius 3 is 2.38 bits per heavy atom. The summed E-state index contributed by atoms with van der Waals surface area (Å²) in [7, 11) is -4.44. The summed E-state index contributed by atoms with van der Waals surface area (Å²) in [6, 6.07) is 8.93. The molecule has 11 nitrogen and oxygen atoms in total. The zero-order chi connectivity index (χ0) is 27.6. The van der Waals surface area contributed by atoms with Crippen LogP contribution in [0.4, 0.5) is 13.2 Å². The van der Waals surface area contributed by atoms with E-state index < -0.39 is 40.6 Å². The van der Waals surface area contributed by atoms with Crippen LogP contribution in [0, 0.1) is 5.41 Å². The van der Waals surface area contributed by atoms with Crippen molar-refractivity contribution in [3.05, 3.63) is 59.1 Å². The molecule has 16 heteroatoms. The molecule has 0 aliphatic heterocycles. The van der Waals surface area contributed by atoms with Crippen LogP contribution in [-0.2, 0) is 35.6 Å². The van der Waals surface area contributed by atoms with Crippen LogP contribution in [0.2, 0.25) is 5.02 Å². The predicted octanol–water partition coefficient (Wildman–Crippen LogP) is 2.05. The molecule has 0 fully saturated rings. The highest BCUT2D eigenvalue weighted by Gasteiger charge is 2.43. The first kappa shape index (κ1) is 29.8. The molecule has 0 aliphatic carbocycles. The zero-order valence-electron chi connectivity index (χ0n) is 18.9. The molecule has 0 aliphatic rings. The second kappa shape index (κ2) is 13.2. The van der Waals surface area contributed by atoms with E-state index in [-0.39, 0.29) is 29.1 Å². The molecular weight excluding hydrogens is 545 g/mol. The van der Waals surface area contributed by atoms with E-state index in [4.69, 9.17) is 32.3 Å². The van der Waals surface area contributed by atoms with Gasteiger partial charge in [0.1, 0.15) is 11.8 Å². The zero-order valence-corrected chi connectivity index (χ0v) is 20.5. The molecule has 0 aromatic heterocycles. The number of ether oxygens (including phenoxy) is 2. The van der Waals surface area contributed by atoms with Crippen LogP contribution in [0.3, 0.4) is 0 Å². The minimum atomic E-state index is -5.46. The van der Waals surface area contributed by atoms with E-state index >= 15 is 0 Å². The van der Waals surface area contributed by atoms with Gasteiger partial charge in [-0.3, -0.25) is 10.2 Å². The van der Waals surface area contributed by atoms with Crippen molar-refractivity contribution in [1.29, 1.82) is 5.41 Å². The van der Waals surface area contributed by atoms with Gasteiger partial charge in [0, 0.05) is 11.4 Å². The molecule has 2 rings (SSSR count). The number of rotatable bonds is 12. The fraction of sp³-hybridized carbons (Fsp3) is 0.286. The summed E-state index contributed by atoms with van der Waals surface area (Å²) in [5.74, 6) is -4.48. The molecule has 2 aromatic rings. The van der Waals surface area contributed by atoms with Gasteiger partial charge in [0.05, 0.1) is 18.1 Å². The molecule has 2 aromatic carbocycles. The van der Waals surface area contributed by atoms with Gasteiger partial charge < -0.3 is 15.2 Å². The molecule has 0 saturated carbocycles. The van der Waals surface area contributed by atoms with E-state index in [9.17, 15) is 31.2 Å². The average molecular weight is 567 g/mol. The van der Waals surface area contributed by atoms with Crippen LogP contribution in [0.15, 0.2) is 53.4 Å². The third kappa shape index (κ3) is 10.2. The molecule has 0 spiro atoms. The first-order valence-corrected chi connectivity index (χ1v) is 12.2. The van der Waals surface area contributed by atoms with Crippen LogP contribution in [-0.4, -0.2) is 51.7 Å². The number of alkyl halides is 3. The van der Waals surface area contributed by atoms with Gasteiger partial charge >= 0.3 is 18.1 Å². The quantitative estimate of drug-likeness (QED) is 0.0749. The fourth-order valence-electron chi connectivity index (χ4n) is 2.69. The number of hydrogen-bond acceptors (Lipinski definition) is 8. The Bertz CT molecular complexity index is 1210. The highest BCUT2D eigenvalue weighted by molar-refractivity contribution is 7.89. The number of nitrogens with two attached hydrogens (primary N) is 1. The molecule has 0 saturated heterocycles. The number of sulfonamides is 1. The minimum Gasteiger partial charge on any atom is -0.494 e. The van der Waals surface area contributed by atoms with E-state index in [0.717, 1.165) is 12.1 Å². The molecule has 5 N–H and O–H groups in total. The fourth-order valence-corrected chi connectivity index (χ4v) is 4.18. The van der Waals surface area contributed by atoms with Gasteiger partial charge in [0.25, 0.3) is 0 Å². The lowest BCUT2D eigenvalue weighted by Crippen LogP contribution is -2.45. The van der Waals surface area contributed by atoms with Crippen LogP contribution < -0.4 is 20.7 Å². The molecule has 0 amide bonds. The van der Waals surface area contributed by atoms with Crippen molar-refractivity contribution in [1.82, 2.24) is 10.2 Å². The third-order valence-electron chi connectivity index (χ3n) is 4.32. The van der Waals surface area contributed by atoms with Gasteiger partial charge in [-0.1, -0.05) is 29.8 Å². The van der Waals surface area contributed by atoms with Gasteiger partial charge in [-0.15, -0.1) is 0 Å². The minimum absolute atomic E-state index is 0.0616. The van der Waals surface area contributed by atoms with Crippen molar-refractivity contribution in [3.63, 3.8) is 0 Å². The topological polar surface area (TPSA) is 170 Å². The maximum absolute atomic E-state index is 12.7. The standard InChI is InChI=1S/C21H22ClF3N4O7S/c22-14-3-1-4-16(12-14)37(32,33)29-17(18(30)36-19(31)21(23,24)25)11-13-5-7-15(8-6-13)34-9-2-10-35-28-20(26)27/h1,3-8,12,17,29H,2,9-11H2,(H4,26,27,28)/t17-/m0/s1. The van der Waals surface area contributed by atoms with Gasteiger partial charge in [0.2, 0.25) is 16.0 Å². The summed E-state index contributed by atoms with van der Waals surface area (Å²) < 4.78 is 74.5. The Morgan fingerprint density at radius 1 is 1.11 bits per heavy atom. The van der Waals surface area contributed by atoms with Crippen molar-refractivity contribution >= 4 is 39.5 Å². The lowest BCUT2D eigenvalue weighted by Gasteiger charge is -2.18. The van der Waals surface area contributed by atoms with Crippen molar-refractivity contribution in [2.75, 3.05) is 13.2 Å². The Hall–Kier alpha value is -3.40. The second-order valence-electron chi connectivity index (χ2n) is 7.25. The number of nitrogens with one attached hydrogen (secondary N) is 3. The highest BCUT2D eigenvalue weighted by Crippen LogP contribution is 2.20. The maximum Gasteiger partial charge on any atom is 0.491 e. The summed E-state index contributed by atoms with van der Waals surface area (Å²) in [6.45, 7) is 0.428. The molecule has 37 heavy (non-hydrogen) atoms. The smallest absolute Gasteiger partial charge is 0.491 e. The number of halogens is 4. The molecule has 0 unspecified atom stereocenters. The summed E-state index contributed by atoms with van der Waals surface area (Å²) in [4.78, 5) is 28.0. The van der Waals surface area contributed by atoms with Gasteiger partial charge in [0.15, 0.2) is 0 Å². The molecule has 0 bridgehead atoms. The molecular formula is C21H22ClF3N4O7S. The monoisotopic (exact) mass is 566 g/mol. The Morgan fingerprint density at radius 2 is 1.78 bits per heavy atom. The van der Waals surface area contributed by atoms with Crippen LogP contribution >= 0.6 is 11.6 Å². The number of carbonyl (C=O) groups is 2. The lowest BCUT2D eigenvalue weighted by molar-refractivity contribution is -0.202. The van der Waals surface area contributed by atoms with Gasteiger partial charge in [-0.2, -0.15) is 17.9 Å². The van der Waals surface area contributed by atoms with E-state index in [1.165, 1.54) is 36.4 Å². The van der Waals surface area contributed by atoms with Crippen LogP contribution in [0.1, 0.15) is 12.0 Å². The van der Waals surface area contributed by atoms with Crippen LogP contribution in [0.25, 0.3) is 0 Å². The van der Waals surface area contributed by atoms with E-state index in [1.54, 1.807) is 0 Å². The van der Waals surface area contributed by atoms with Crippen molar-refractivity contribution < 1.29 is 45.5 Å². The SMILES string of the molecule is N=C(N)NOCCCOc1ccc(C[C@H](NS(=O)(=O)c2cccc(Cl)c2)C(=O)OC(=O)C(F)(F)F)cc1. The lowest BCUT2D eigenvalue weighted by atomic mass is 10.1. The number of esters is 2. The summed E-state index contributed by atoms with van der Waals surface area (Å²) >= 11 is 5.80. The van der Waals surface area contributed by atoms with E-state index in [0.29, 0.717) is 17.7 Å². The highest BCUT2D eigenvalue weighted by atomic mass is 35.5. The second-order valence-corrected chi connectivity index (χ2v) is 9.40. The normalized spacial score (nSPS) is 12.4. The number of carbonyl (C=O) groups excluding carboxylic acids is 2. The Balaban J connectivity index is 2.11. The number of hydrogen-bond donors (Lipinski definition) is 4. The van der Waals surface area contributed by atoms with Gasteiger partial charge in [-0.25, -0.2) is 23.5 Å². The summed E-state index contributed by atoms with van der Waals surface area (Å²) in [5, 5.41) is 7.00. The maximum atomic E-state index is 12.7. The van der Waals surface area contributed by atoms with Gasteiger partial charge in [-0.05, 0) is 42.3 Å². The largest absolute Gasteiger partial charge is 0.494 e. The third-order valence-corrected chi connectivity index (χ3v) is 6.02. The van der Waals surface area contributed by atoms with E-state index in [1.807, 2.05) is 4.72 Å². The molecule has 0 heterocycles. The van der Waals surface area contributed by atoms with Crippen molar-refractivity contribution in [3.8, 4) is 5.75 Å². The number of benzene rings is 2. The molecule has 1 atom stereocenters. The first-order valence-electron chi connectivity index (χ1n) is 10.3. The summed E-state index contributed by atoms with van der Waals surface area (Å²) in [5.41, 5.74) is 7.53. The predicted molar refractivity (Wildman–Crippen MR) is 124 cm³/mol. The average Bonchev–Trinajstić information content (AvgIpc) is 2.81. The molecule has 202 valence electrons. The van der Waals surface area contributed by atoms with E-state index in [2.05, 4.69) is 10.2 Å². The molecule has 0 radical (unpaired) electrons. The first-order chi connectivity index (χ1) is 17.3. The number of guanidine groups is 1. The van der Waals surface area contributed by atoms with Crippen molar-refractivity contribution in [2.45, 2.75) is 30.0 Å². The Kier molecular flexibility index (Phi) is 10.7. The number of hydroxylamine groups is 1. The van der Waals surface area contributed by atoms with Crippen LogP contribution in [0.5, 0.6) is 5.75 Å². The summed E-state index contributed by atoms with van der Waals surface area (Å²) in [6.07, 6.45) is -5.47.